The predicted octanol–water partition coefficient (Wildman–Crippen LogP) is 4.71. The zero-order valence-corrected chi connectivity index (χ0v) is 20.6. The minimum absolute atomic E-state index is 0.134. The van der Waals surface area contributed by atoms with Gasteiger partial charge in [0.2, 0.25) is 5.91 Å². The van der Waals surface area contributed by atoms with Gasteiger partial charge in [-0.3, -0.25) is 4.79 Å². The minimum Gasteiger partial charge on any atom is -0.464 e. The van der Waals surface area contributed by atoms with Crippen LogP contribution in [-0.4, -0.2) is 42.3 Å². The Morgan fingerprint density at radius 3 is 2.66 bits per heavy atom. The molecule has 0 aliphatic carbocycles. The zero-order valence-electron chi connectivity index (χ0n) is 19.7. The largest absolute Gasteiger partial charge is 0.464 e. The van der Waals surface area contributed by atoms with E-state index >= 15 is 0 Å². The van der Waals surface area contributed by atoms with Gasteiger partial charge in [0, 0.05) is 30.5 Å². The van der Waals surface area contributed by atoms with Crippen molar-refractivity contribution in [2.24, 2.45) is 0 Å². The molecular weight excluding hydrogens is 464 g/mol. The highest BCUT2D eigenvalue weighted by Crippen LogP contribution is 2.33. The highest BCUT2D eigenvalue weighted by atomic mass is 32.1. The van der Waals surface area contributed by atoms with E-state index in [9.17, 15) is 9.59 Å². The molecule has 3 aromatic heterocycles. The van der Waals surface area contributed by atoms with Gasteiger partial charge < -0.3 is 24.7 Å². The van der Waals surface area contributed by atoms with Gasteiger partial charge in [0.15, 0.2) is 5.69 Å². The van der Waals surface area contributed by atoms with E-state index in [1.165, 1.54) is 24.7 Å². The van der Waals surface area contributed by atoms with Crippen molar-refractivity contribution in [1.29, 1.82) is 0 Å². The number of ether oxygens (including phenoxy) is 2. The number of fused-ring (bicyclic) bond motifs is 1. The number of anilines is 2. The van der Waals surface area contributed by atoms with E-state index in [0.717, 1.165) is 18.5 Å². The summed E-state index contributed by atoms with van der Waals surface area (Å²) in [5.41, 5.74) is 3.24. The van der Waals surface area contributed by atoms with E-state index in [0.29, 0.717) is 29.8 Å². The molecule has 3 heterocycles. The highest BCUT2D eigenvalue weighted by molar-refractivity contribution is 7.09. The lowest BCUT2D eigenvalue weighted by molar-refractivity contribution is -0.119. The smallest absolute Gasteiger partial charge is 0.356 e. The Labute approximate surface area is 207 Å². The number of benzene rings is 1. The molecule has 2 N–H and O–H groups in total. The molecule has 1 aromatic carbocycles. The van der Waals surface area contributed by atoms with Crippen LogP contribution in [0.15, 0.2) is 60.1 Å². The average molecular weight is 493 g/mol. The molecule has 9 heteroatoms. The number of hydrogen-bond acceptors (Lipinski definition) is 7. The zero-order chi connectivity index (χ0) is 24.6. The first-order chi connectivity index (χ1) is 17.1. The number of pyridine rings is 1. The lowest BCUT2D eigenvalue weighted by atomic mass is 10.1. The second kappa shape index (κ2) is 11.6. The summed E-state index contributed by atoms with van der Waals surface area (Å²) in [4.78, 5) is 31.2. The molecule has 0 bridgehead atoms. The number of aromatic nitrogens is 2. The fourth-order valence-electron chi connectivity index (χ4n) is 3.97. The average Bonchev–Trinajstić information content (AvgIpc) is 3.50. The molecular formula is C26H28N4O4S. The Hall–Kier alpha value is -3.69. The lowest BCUT2D eigenvalue weighted by Crippen LogP contribution is -2.20. The summed E-state index contributed by atoms with van der Waals surface area (Å²) in [5, 5.41) is 8.90. The molecule has 4 aromatic rings. The van der Waals surface area contributed by atoms with Gasteiger partial charge in [-0.2, -0.15) is 0 Å². The molecule has 0 saturated heterocycles. The van der Waals surface area contributed by atoms with E-state index in [4.69, 9.17) is 9.47 Å². The summed E-state index contributed by atoms with van der Waals surface area (Å²) in [5.74, 6) is -0.901. The topological polar surface area (TPSA) is 94.5 Å². The molecule has 0 saturated carbocycles. The molecule has 0 spiro atoms. The van der Waals surface area contributed by atoms with Gasteiger partial charge in [0.1, 0.15) is 12.3 Å². The molecule has 8 nitrogen and oxygen atoms in total. The van der Waals surface area contributed by atoms with Crippen LogP contribution in [0.3, 0.4) is 0 Å². The molecule has 1 amide bonds. The number of thiophene rings is 1. The number of carbonyl (C=O) groups is 2. The highest BCUT2D eigenvalue weighted by Gasteiger charge is 2.26. The van der Waals surface area contributed by atoms with E-state index < -0.39 is 5.97 Å². The molecule has 0 aliphatic rings. The molecule has 0 fully saturated rings. The summed E-state index contributed by atoms with van der Waals surface area (Å²) in [6.45, 7) is 1.05. The van der Waals surface area contributed by atoms with Crippen LogP contribution in [0, 0.1) is 0 Å². The van der Waals surface area contributed by atoms with Crippen molar-refractivity contribution in [3.05, 3.63) is 76.2 Å². The van der Waals surface area contributed by atoms with Gasteiger partial charge in [-0.25, -0.2) is 9.78 Å². The van der Waals surface area contributed by atoms with Crippen molar-refractivity contribution < 1.29 is 19.1 Å². The molecule has 182 valence electrons. The molecule has 0 aliphatic heterocycles. The molecule has 35 heavy (non-hydrogen) atoms. The monoisotopic (exact) mass is 492 g/mol. The minimum atomic E-state index is -0.538. The lowest BCUT2D eigenvalue weighted by Gasteiger charge is -2.11. The van der Waals surface area contributed by atoms with Crippen LogP contribution in [0.2, 0.25) is 0 Å². The number of nitrogens with one attached hydrogen (secondary N) is 2. The van der Waals surface area contributed by atoms with E-state index in [-0.39, 0.29) is 18.2 Å². The second-order valence-electron chi connectivity index (χ2n) is 7.97. The first kappa shape index (κ1) is 24.4. The third kappa shape index (κ3) is 5.87. The number of nitrogens with zero attached hydrogens (tertiary/aromatic N) is 2. The first-order valence-corrected chi connectivity index (χ1v) is 12.2. The van der Waals surface area contributed by atoms with Gasteiger partial charge in [0.05, 0.1) is 24.7 Å². The Bertz CT molecular complexity index is 1290. The van der Waals surface area contributed by atoms with Crippen molar-refractivity contribution in [1.82, 2.24) is 9.55 Å². The molecule has 0 radical (unpaired) electrons. The van der Waals surface area contributed by atoms with Gasteiger partial charge in [-0.15, -0.1) is 11.3 Å². The number of aryl methyl sites for hydroxylation is 2. The Morgan fingerprint density at radius 2 is 1.94 bits per heavy atom. The van der Waals surface area contributed by atoms with Crippen LogP contribution < -0.4 is 10.6 Å². The van der Waals surface area contributed by atoms with Crippen LogP contribution in [0.25, 0.3) is 11.0 Å². The quantitative estimate of drug-likeness (QED) is 0.295. The van der Waals surface area contributed by atoms with Gasteiger partial charge in [0.25, 0.3) is 0 Å². The van der Waals surface area contributed by atoms with Crippen molar-refractivity contribution in [2.45, 2.75) is 25.9 Å². The van der Waals surface area contributed by atoms with Crippen LogP contribution in [0.1, 0.15) is 27.3 Å². The van der Waals surface area contributed by atoms with Gasteiger partial charge in [-0.1, -0.05) is 36.4 Å². The van der Waals surface area contributed by atoms with Crippen LogP contribution in [0.5, 0.6) is 0 Å². The maximum Gasteiger partial charge on any atom is 0.356 e. The molecule has 0 unspecified atom stereocenters. The van der Waals surface area contributed by atoms with E-state index in [1.54, 1.807) is 17.5 Å². The summed E-state index contributed by atoms with van der Waals surface area (Å²) in [6.07, 6.45) is 3.36. The summed E-state index contributed by atoms with van der Waals surface area (Å²) >= 11 is 1.66. The maximum absolute atomic E-state index is 12.9. The van der Waals surface area contributed by atoms with E-state index in [2.05, 4.69) is 33.8 Å². The Morgan fingerprint density at radius 1 is 1.11 bits per heavy atom. The Kier molecular flexibility index (Phi) is 8.12. The molecule has 0 atom stereocenters. The van der Waals surface area contributed by atoms with Crippen molar-refractivity contribution in [2.75, 3.05) is 31.5 Å². The van der Waals surface area contributed by atoms with Gasteiger partial charge >= 0.3 is 5.97 Å². The Balaban J connectivity index is 1.71. The van der Waals surface area contributed by atoms with Crippen LogP contribution >= 0.6 is 11.3 Å². The fourth-order valence-corrected chi connectivity index (χ4v) is 4.61. The summed E-state index contributed by atoms with van der Waals surface area (Å²) in [7, 11) is 2.78. The third-order valence-corrected chi connectivity index (χ3v) is 6.43. The fraction of sp³-hybridized carbons (Fsp3) is 0.269. The number of esters is 1. The normalized spacial score (nSPS) is 10.9. The second-order valence-corrected chi connectivity index (χ2v) is 9.00. The number of amides is 1. The standard InChI is InChI=1S/C26H28N4O4S/c1-33-17-22(31)29-23-21-14-19(27-16-20-11-7-13-35-20)15-28-25(21)30(24(23)26(32)34-2)12-6-10-18-8-4-3-5-9-18/h3-5,7-9,11,13-15,27H,6,10,12,16-17H2,1-2H3,(H,29,31). The first-order valence-electron chi connectivity index (χ1n) is 11.3. The summed E-state index contributed by atoms with van der Waals surface area (Å²) in [6, 6.07) is 16.1. The summed E-state index contributed by atoms with van der Waals surface area (Å²) < 4.78 is 11.9. The SMILES string of the molecule is COCC(=O)Nc1c(C(=O)OC)n(CCCc2ccccc2)c2ncc(NCc3cccs3)cc12. The maximum atomic E-state index is 12.9. The van der Waals surface area contributed by atoms with Crippen molar-refractivity contribution in [3.63, 3.8) is 0 Å². The molecule has 4 rings (SSSR count). The number of methoxy groups -OCH3 is 2. The number of rotatable bonds is 11. The number of hydrogen-bond donors (Lipinski definition) is 2. The van der Waals surface area contributed by atoms with Crippen molar-refractivity contribution >= 4 is 45.6 Å². The van der Waals surface area contributed by atoms with Gasteiger partial charge in [-0.05, 0) is 35.9 Å². The number of carbonyl (C=O) groups excluding carboxylic acids is 2. The van der Waals surface area contributed by atoms with Crippen molar-refractivity contribution in [3.8, 4) is 0 Å². The van der Waals surface area contributed by atoms with Crippen LogP contribution in [-0.2, 0) is 33.8 Å². The predicted molar refractivity (Wildman–Crippen MR) is 138 cm³/mol. The van der Waals surface area contributed by atoms with E-state index in [1.807, 2.05) is 40.3 Å². The van der Waals surface area contributed by atoms with Crippen LogP contribution in [0.4, 0.5) is 11.4 Å². The third-order valence-electron chi connectivity index (χ3n) is 5.55.